The summed E-state index contributed by atoms with van der Waals surface area (Å²) in [5.74, 6) is 1.58. The number of nitrogen functional groups attached to an aromatic ring is 1. The summed E-state index contributed by atoms with van der Waals surface area (Å²) in [4.78, 5) is 9.08. The second-order valence-electron chi connectivity index (χ2n) is 4.97. The van der Waals surface area contributed by atoms with Crippen molar-refractivity contribution in [1.29, 1.82) is 0 Å². The lowest BCUT2D eigenvalue weighted by molar-refractivity contribution is 0.781. The molecule has 4 nitrogen and oxygen atoms in total. The summed E-state index contributed by atoms with van der Waals surface area (Å²) < 4.78 is 2.03. The molecule has 0 saturated heterocycles. The second-order valence-corrected chi connectivity index (χ2v) is 4.97. The average molecular weight is 278 g/mol. The van der Waals surface area contributed by atoms with Gasteiger partial charge in [0.05, 0.1) is 0 Å². The Balaban J connectivity index is 2.16. The van der Waals surface area contributed by atoms with Crippen molar-refractivity contribution in [3.63, 3.8) is 0 Å². The highest BCUT2D eigenvalue weighted by Gasteiger charge is 2.16. The Hall–Kier alpha value is -2.62. The number of aromatic nitrogens is 3. The molecule has 0 atom stereocenters. The molecule has 0 fully saturated rings. The molecule has 0 unspecified atom stereocenters. The summed E-state index contributed by atoms with van der Waals surface area (Å²) in [6.45, 7) is 4.82. The number of hydrogen-bond acceptors (Lipinski definition) is 3. The van der Waals surface area contributed by atoms with Gasteiger partial charge in [-0.2, -0.15) is 0 Å². The number of hydrogen-bond donors (Lipinski definition) is 1. The predicted octanol–water partition coefficient (Wildman–Crippen LogP) is 3.52. The summed E-state index contributed by atoms with van der Waals surface area (Å²) in [5, 5.41) is 0. The first-order valence-corrected chi connectivity index (χ1v) is 7.05. The van der Waals surface area contributed by atoms with Crippen LogP contribution in [0.15, 0.2) is 48.7 Å². The molecule has 0 amide bonds. The first kappa shape index (κ1) is 13.4. The minimum absolute atomic E-state index is 0.682. The maximum atomic E-state index is 6.29. The Morgan fingerprint density at radius 3 is 2.43 bits per heavy atom. The fraction of sp³-hybridized carbons (Fsp3) is 0.176. The third-order valence-electron chi connectivity index (χ3n) is 3.54. The predicted molar refractivity (Wildman–Crippen MR) is 85.7 cm³/mol. The van der Waals surface area contributed by atoms with Gasteiger partial charge in [-0.05, 0) is 26.0 Å². The molecule has 2 N–H and O–H groups in total. The van der Waals surface area contributed by atoms with Gasteiger partial charge in [0.15, 0.2) is 0 Å². The van der Waals surface area contributed by atoms with Crippen LogP contribution >= 0.6 is 0 Å². The quantitative estimate of drug-likeness (QED) is 0.797. The number of nitrogens with two attached hydrogens (primary N) is 1. The molecule has 2 heterocycles. The number of rotatable bonds is 3. The largest absolute Gasteiger partial charge is 0.383 e. The van der Waals surface area contributed by atoms with E-state index in [1.54, 1.807) is 0 Å². The topological polar surface area (TPSA) is 56.7 Å². The normalized spacial score (nSPS) is 10.8. The first-order chi connectivity index (χ1) is 10.2. The summed E-state index contributed by atoms with van der Waals surface area (Å²) in [6.07, 6.45) is 1.82. The van der Waals surface area contributed by atoms with Crippen LogP contribution in [0, 0.1) is 6.92 Å². The smallest absolute Gasteiger partial charge is 0.142 e. The summed E-state index contributed by atoms with van der Waals surface area (Å²) in [5.41, 5.74) is 10.1. The fourth-order valence-corrected chi connectivity index (χ4v) is 2.41. The Labute approximate surface area is 124 Å². The van der Waals surface area contributed by atoms with E-state index in [1.165, 1.54) is 0 Å². The SMILES string of the molecule is CCn1c(-c2ccccc2)nc(-c2ccc(C)nc2)c1N. The zero-order valence-electron chi connectivity index (χ0n) is 12.2. The molecule has 106 valence electrons. The summed E-state index contributed by atoms with van der Waals surface area (Å²) in [6, 6.07) is 14.1. The van der Waals surface area contributed by atoms with Crippen molar-refractivity contribution < 1.29 is 0 Å². The molecule has 4 heteroatoms. The average Bonchev–Trinajstić information content (AvgIpc) is 2.86. The van der Waals surface area contributed by atoms with Crippen LogP contribution in [0.3, 0.4) is 0 Å². The highest BCUT2D eigenvalue weighted by Crippen LogP contribution is 2.30. The third kappa shape index (κ3) is 2.40. The molecule has 1 aromatic carbocycles. The highest BCUT2D eigenvalue weighted by atomic mass is 15.1. The third-order valence-corrected chi connectivity index (χ3v) is 3.54. The minimum atomic E-state index is 0.682. The lowest BCUT2D eigenvalue weighted by Crippen LogP contribution is -2.02. The molecule has 0 bridgehead atoms. The molecular weight excluding hydrogens is 260 g/mol. The number of pyridine rings is 1. The summed E-state index contributed by atoms with van der Waals surface area (Å²) >= 11 is 0. The number of anilines is 1. The second kappa shape index (κ2) is 5.40. The van der Waals surface area contributed by atoms with Gasteiger partial charge < -0.3 is 10.3 Å². The molecule has 2 aromatic heterocycles. The Morgan fingerprint density at radius 2 is 1.81 bits per heavy atom. The fourth-order valence-electron chi connectivity index (χ4n) is 2.41. The van der Waals surface area contributed by atoms with Crippen molar-refractivity contribution in [2.75, 3.05) is 5.73 Å². The van der Waals surface area contributed by atoms with E-state index < -0.39 is 0 Å². The molecular formula is C17H18N4. The Bertz CT molecular complexity index is 742. The molecule has 21 heavy (non-hydrogen) atoms. The molecule has 0 aliphatic heterocycles. The van der Waals surface area contributed by atoms with Crippen LogP contribution in [-0.4, -0.2) is 14.5 Å². The van der Waals surface area contributed by atoms with Crippen LogP contribution in [0.1, 0.15) is 12.6 Å². The van der Waals surface area contributed by atoms with Gasteiger partial charge in [0, 0.05) is 29.6 Å². The van der Waals surface area contributed by atoms with Gasteiger partial charge in [0.2, 0.25) is 0 Å². The highest BCUT2D eigenvalue weighted by molar-refractivity contribution is 5.75. The van der Waals surface area contributed by atoms with E-state index >= 15 is 0 Å². The monoisotopic (exact) mass is 278 g/mol. The van der Waals surface area contributed by atoms with E-state index in [4.69, 9.17) is 10.7 Å². The summed E-state index contributed by atoms with van der Waals surface area (Å²) in [7, 11) is 0. The van der Waals surface area contributed by atoms with Crippen LogP contribution in [0.25, 0.3) is 22.6 Å². The van der Waals surface area contributed by atoms with Crippen LogP contribution in [0.2, 0.25) is 0 Å². The molecule has 0 saturated carbocycles. The Morgan fingerprint density at radius 1 is 1.05 bits per heavy atom. The van der Waals surface area contributed by atoms with E-state index in [0.717, 1.165) is 34.9 Å². The van der Waals surface area contributed by atoms with Crippen molar-refractivity contribution >= 4 is 5.82 Å². The molecule has 0 spiro atoms. The van der Waals surface area contributed by atoms with Crippen molar-refractivity contribution in [2.45, 2.75) is 20.4 Å². The van der Waals surface area contributed by atoms with Gasteiger partial charge in [-0.25, -0.2) is 4.98 Å². The maximum Gasteiger partial charge on any atom is 0.142 e. The molecule has 3 aromatic rings. The zero-order chi connectivity index (χ0) is 14.8. The first-order valence-electron chi connectivity index (χ1n) is 7.05. The van der Waals surface area contributed by atoms with E-state index in [0.29, 0.717) is 5.82 Å². The van der Waals surface area contributed by atoms with Crippen molar-refractivity contribution in [1.82, 2.24) is 14.5 Å². The number of imidazole rings is 1. The minimum Gasteiger partial charge on any atom is -0.383 e. The van der Waals surface area contributed by atoms with Crippen molar-refractivity contribution in [3.8, 4) is 22.6 Å². The number of nitrogens with zero attached hydrogens (tertiary/aromatic N) is 3. The van der Waals surface area contributed by atoms with Crippen LogP contribution in [0.5, 0.6) is 0 Å². The number of benzene rings is 1. The van der Waals surface area contributed by atoms with Gasteiger partial charge in [-0.3, -0.25) is 4.98 Å². The van der Waals surface area contributed by atoms with Gasteiger partial charge in [-0.1, -0.05) is 30.3 Å². The zero-order valence-corrected chi connectivity index (χ0v) is 12.2. The van der Waals surface area contributed by atoms with Crippen molar-refractivity contribution in [2.24, 2.45) is 0 Å². The molecule has 0 aliphatic rings. The van der Waals surface area contributed by atoms with Gasteiger partial charge in [0.25, 0.3) is 0 Å². The van der Waals surface area contributed by atoms with E-state index in [-0.39, 0.29) is 0 Å². The number of aryl methyl sites for hydroxylation is 1. The molecule has 3 rings (SSSR count). The van der Waals surface area contributed by atoms with Gasteiger partial charge in [-0.15, -0.1) is 0 Å². The maximum absolute atomic E-state index is 6.29. The van der Waals surface area contributed by atoms with E-state index in [9.17, 15) is 0 Å². The van der Waals surface area contributed by atoms with Crippen LogP contribution in [-0.2, 0) is 6.54 Å². The lowest BCUT2D eigenvalue weighted by atomic mass is 10.2. The van der Waals surface area contributed by atoms with Crippen molar-refractivity contribution in [3.05, 3.63) is 54.4 Å². The molecule has 0 radical (unpaired) electrons. The van der Waals surface area contributed by atoms with Gasteiger partial charge in [0.1, 0.15) is 17.3 Å². The molecule has 0 aliphatic carbocycles. The van der Waals surface area contributed by atoms with E-state index in [1.807, 2.05) is 60.2 Å². The van der Waals surface area contributed by atoms with Crippen LogP contribution in [0.4, 0.5) is 5.82 Å². The van der Waals surface area contributed by atoms with E-state index in [2.05, 4.69) is 11.9 Å². The van der Waals surface area contributed by atoms with Crippen LogP contribution < -0.4 is 5.73 Å². The standard InChI is InChI=1S/C17H18N4/c1-3-21-16(18)15(14-10-9-12(2)19-11-14)20-17(21)13-7-5-4-6-8-13/h4-11H,3,18H2,1-2H3. The van der Waals surface area contributed by atoms with Gasteiger partial charge >= 0.3 is 0 Å². The Kier molecular flexibility index (Phi) is 3.44. The lowest BCUT2D eigenvalue weighted by Gasteiger charge is -2.06.